The Kier molecular flexibility index (Phi) is 6.52. The first-order valence-electron chi connectivity index (χ1n) is 6.34. The lowest BCUT2D eigenvalue weighted by atomic mass is 9.99. The highest BCUT2D eigenvalue weighted by Crippen LogP contribution is 2.30. The van der Waals surface area contributed by atoms with E-state index in [1.54, 1.807) is 6.08 Å². The van der Waals surface area contributed by atoms with Crippen LogP contribution in [0.5, 0.6) is 0 Å². The molecule has 2 nitrogen and oxygen atoms in total. The summed E-state index contributed by atoms with van der Waals surface area (Å²) >= 11 is 0. The maximum atomic E-state index is 13.9. The number of nitrogens with zero attached hydrogens (tertiary/aromatic N) is 1. The van der Waals surface area contributed by atoms with Crippen molar-refractivity contribution in [2.75, 3.05) is 26.2 Å². The van der Waals surface area contributed by atoms with Gasteiger partial charge in [0.2, 0.25) is 0 Å². The first kappa shape index (κ1) is 17.0. The van der Waals surface area contributed by atoms with E-state index in [0.717, 1.165) is 25.2 Å². The van der Waals surface area contributed by atoms with Crippen LogP contribution in [0, 0.1) is 17.5 Å². The van der Waals surface area contributed by atoms with Crippen LogP contribution in [0.2, 0.25) is 0 Å². The van der Waals surface area contributed by atoms with Crippen molar-refractivity contribution in [2.45, 2.75) is 12.5 Å². The molecule has 6 heteroatoms. The van der Waals surface area contributed by atoms with E-state index in [2.05, 4.69) is 11.9 Å². The summed E-state index contributed by atoms with van der Waals surface area (Å²) in [6.45, 7) is 6.48. The summed E-state index contributed by atoms with van der Waals surface area (Å²) in [5, 5.41) is 3.17. The summed E-state index contributed by atoms with van der Waals surface area (Å²) in [6.07, 6.45) is 1.99. The molecule has 0 saturated carbocycles. The molecule has 0 aromatic heterocycles. The lowest BCUT2D eigenvalue weighted by Crippen LogP contribution is -2.45. The zero-order valence-electron chi connectivity index (χ0n) is 11.0. The van der Waals surface area contributed by atoms with Gasteiger partial charge < -0.3 is 5.32 Å². The molecule has 0 amide bonds. The summed E-state index contributed by atoms with van der Waals surface area (Å²) in [7, 11) is 0. The first-order valence-corrected chi connectivity index (χ1v) is 6.34. The van der Waals surface area contributed by atoms with Crippen molar-refractivity contribution < 1.29 is 13.2 Å². The lowest BCUT2D eigenvalue weighted by molar-refractivity contribution is 0.167. The molecule has 112 valence electrons. The van der Waals surface area contributed by atoms with Crippen molar-refractivity contribution in [3.63, 3.8) is 0 Å². The molecule has 1 heterocycles. The fraction of sp³-hybridized carbons (Fsp3) is 0.429. The van der Waals surface area contributed by atoms with E-state index >= 15 is 0 Å². The van der Waals surface area contributed by atoms with Crippen LogP contribution in [0.3, 0.4) is 0 Å². The Bertz CT molecular complexity index is 462. The summed E-state index contributed by atoms with van der Waals surface area (Å²) in [6, 6.07) is 1.29. The molecule has 1 aromatic carbocycles. The molecule has 1 atom stereocenters. The minimum Gasteiger partial charge on any atom is -0.314 e. The second-order valence-corrected chi connectivity index (χ2v) is 4.58. The zero-order valence-corrected chi connectivity index (χ0v) is 11.9. The van der Waals surface area contributed by atoms with Gasteiger partial charge in [-0.15, -0.1) is 19.0 Å². The van der Waals surface area contributed by atoms with Crippen molar-refractivity contribution in [1.82, 2.24) is 10.2 Å². The van der Waals surface area contributed by atoms with E-state index < -0.39 is 23.5 Å². The van der Waals surface area contributed by atoms with Gasteiger partial charge in [-0.05, 0) is 18.6 Å². The average Bonchev–Trinajstić information content (AvgIpc) is 2.43. The van der Waals surface area contributed by atoms with E-state index in [1.165, 1.54) is 0 Å². The summed E-state index contributed by atoms with van der Waals surface area (Å²) in [5.41, 5.74) is -0.193. The van der Waals surface area contributed by atoms with Gasteiger partial charge in [0.15, 0.2) is 11.6 Å². The standard InChI is InChI=1S/C14H17F3N2.ClH/c1-2-3-12(19-8-6-18-7-9-19)13-10(15)4-5-11(16)14(13)17;/h2,4-5,12,18H,1,3,6-9H2;1H/t12-;/m1./s1. The number of rotatable bonds is 4. The topological polar surface area (TPSA) is 15.3 Å². The van der Waals surface area contributed by atoms with Gasteiger partial charge in [0.05, 0.1) is 0 Å². The second kappa shape index (κ2) is 7.67. The third kappa shape index (κ3) is 3.53. The van der Waals surface area contributed by atoms with Crippen LogP contribution in [-0.2, 0) is 0 Å². The molecule has 1 N–H and O–H groups in total. The normalized spacial score (nSPS) is 17.4. The van der Waals surface area contributed by atoms with Crippen molar-refractivity contribution in [1.29, 1.82) is 0 Å². The SMILES string of the molecule is C=CC[C@H](c1c(F)ccc(F)c1F)N1CCNCC1.Cl. The summed E-state index contributed by atoms with van der Waals surface area (Å²) < 4.78 is 41.1. The van der Waals surface area contributed by atoms with Crippen LogP contribution in [-0.4, -0.2) is 31.1 Å². The molecule has 1 saturated heterocycles. The fourth-order valence-corrected chi connectivity index (χ4v) is 2.45. The zero-order chi connectivity index (χ0) is 13.8. The Morgan fingerprint density at radius 1 is 1.20 bits per heavy atom. The van der Waals surface area contributed by atoms with Crippen molar-refractivity contribution in [3.8, 4) is 0 Å². The smallest absolute Gasteiger partial charge is 0.166 e. The monoisotopic (exact) mass is 306 g/mol. The number of piperazine rings is 1. The van der Waals surface area contributed by atoms with Gasteiger partial charge in [-0.3, -0.25) is 4.90 Å². The molecule has 1 aliphatic rings. The molecular formula is C14H18ClF3N2. The predicted octanol–water partition coefficient (Wildman–Crippen LogP) is 3.05. The van der Waals surface area contributed by atoms with Crippen LogP contribution in [0.4, 0.5) is 13.2 Å². The Hall–Kier alpha value is -1.04. The van der Waals surface area contributed by atoms with Crippen LogP contribution < -0.4 is 5.32 Å². The highest BCUT2D eigenvalue weighted by Gasteiger charge is 2.27. The van der Waals surface area contributed by atoms with Crippen LogP contribution in [0.1, 0.15) is 18.0 Å². The predicted molar refractivity (Wildman–Crippen MR) is 75.6 cm³/mol. The van der Waals surface area contributed by atoms with Gasteiger partial charge in [-0.25, -0.2) is 13.2 Å². The van der Waals surface area contributed by atoms with E-state index in [0.29, 0.717) is 19.5 Å². The Morgan fingerprint density at radius 3 is 2.40 bits per heavy atom. The molecule has 20 heavy (non-hydrogen) atoms. The third-order valence-corrected chi connectivity index (χ3v) is 3.39. The molecule has 1 fully saturated rings. The maximum Gasteiger partial charge on any atom is 0.166 e. The number of benzene rings is 1. The maximum absolute atomic E-state index is 13.9. The van der Waals surface area contributed by atoms with Crippen LogP contribution in [0.15, 0.2) is 24.8 Å². The van der Waals surface area contributed by atoms with Crippen LogP contribution in [0.25, 0.3) is 0 Å². The summed E-state index contributed by atoms with van der Waals surface area (Å²) in [4.78, 5) is 1.96. The van der Waals surface area contributed by atoms with Gasteiger partial charge in [0, 0.05) is 37.8 Å². The Morgan fingerprint density at radius 2 is 1.80 bits per heavy atom. The van der Waals surface area contributed by atoms with Crippen molar-refractivity contribution in [2.24, 2.45) is 0 Å². The van der Waals surface area contributed by atoms with Gasteiger partial charge in [-0.1, -0.05) is 6.08 Å². The highest BCUT2D eigenvalue weighted by atomic mass is 35.5. The molecule has 0 spiro atoms. The summed E-state index contributed by atoms with van der Waals surface area (Å²) in [5.74, 6) is -2.81. The molecule has 0 unspecified atom stereocenters. The van der Waals surface area contributed by atoms with Gasteiger partial charge in [0.1, 0.15) is 5.82 Å². The molecule has 0 aliphatic carbocycles. The van der Waals surface area contributed by atoms with Gasteiger partial charge in [0.25, 0.3) is 0 Å². The first-order chi connectivity index (χ1) is 9.15. The van der Waals surface area contributed by atoms with Gasteiger partial charge in [-0.2, -0.15) is 0 Å². The molecule has 1 aromatic rings. The number of hydrogen-bond acceptors (Lipinski definition) is 2. The molecule has 2 rings (SSSR count). The number of halogens is 4. The van der Waals surface area contributed by atoms with Gasteiger partial charge >= 0.3 is 0 Å². The molecular weight excluding hydrogens is 289 g/mol. The molecule has 1 aliphatic heterocycles. The van der Waals surface area contributed by atoms with Crippen LogP contribution >= 0.6 is 12.4 Å². The molecule has 0 bridgehead atoms. The number of nitrogens with one attached hydrogen (secondary N) is 1. The largest absolute Gasteiger partial charge is 0.314 e. The second-order valence-electron chi connectivity index (χ2n) is 4.58. The Balaban J connectivity index is 0.00000200. The minimum absolute atomic E-state index is 0. The minimum atomic E-state index is -1.09. The Labute approximate surface area is 123 Å². The molecule has 0 radical (unpaired) electrons. The lowest BCUT2D eigenvalue weighted by Gasteiger charge is -2.35. The van der Waals surface area contributed by atoms with E-state index in [1.807, 2.05) is 4.90 Å². The van der Waals surface area contributed by atoms with E-state index in [9.17, 15) is 13.2 Å². The van der Waals surface area contributed by atoms with E-state index in [-0.39, 0.29) is 18.0 Å². The van der Waals surface area contributed by atoms with E-state index in [4.69, 9.17) is 0 Å². The average molecular weight is 307 g/mol. The number of hydrogen-bond donors (Lipinski definition) is 1. The van der Waals surface area contributed by atoms with Crippen molar-refractivity contribution >= 4 is 12.4 Å². The quantitative estimate of drug-likeness (QED) is 0.679. The highest BCUT2D eigenvalue weighted by molar-refractivity contribution is 5.85. The third-order valence-electron chi connectivity index (χ3n) is 3.39. The fourth-order valence-electron chi connectivity index (χ4n) is 2.45. The van der Waals surface area contributed by atoms with Crippen molar-refractivity contribution in [3.05, 3.63) is 47.8 Å².